The molecule has 3 rings (SSSR count). The summed E-state index contributed by atoms with van der Waals surface area (Å²) in [5, 5.41) is 0. The normalized spacial score (nSPS) is 11.2. The van der Waals surface area contributed by atoms with Crippen LogP contribution >= 0.6 is 0 Å². The second kappa shape index (κ2) is 26.6. The van der Waals surface area contributed by atoms with Crippen molar-refractivity contribution in [3.8, 4) is 11.5 Å². The summed E-state index contributed by atoms with van der Waals surface area (Å²) >= 11 is 0. The predicted octanol–water partition coefficient (Wildman–Crippen LogP) is 7.58. The molecular formula is C41H58O8. The second-order valence-electron chi connectivity index (χ2n) is 11.7. The minimum absolute atomic E-state index is 0.0937. The van der Waals surface area contributed by atoms with Gasteiger partial charge in [-0.2, -0.15) is 0 Å². The largest absolute Gasteiger partial charge is 0.491 e. The van der Waals surface area contributed by atoms with Crippen molar-refractivity contribution < 1.29 is 37.9 Å². The highest BCUT2D eigenvalue weighted by Gasteiger charge is 2.13. The molecule has 0 atom stereocenters. The summed E-state index contributed by atoms with van der Waals surface area (Å²) in [6, 6.07) is 24.9. The molecular weight excluding hydrogens is 620 g/mol. The van der Waals surface area contributed by atoms with Gasteiger partial charge in [0.25, 0.3) is 0 Å². The molecule has 49 heavy (non-hydrogen) atoms. The molecule has 0 saturated carbocycles. The minimum Gasteiger partial charge on any atom is -0.491 e. The average molecular weight is 679 g/mol. The average Bonchev–Trinajstić information content (AvgIpc) is 3.13. The fraction of sp³-hybridized carbons (Fsp3) is 0.512. The zero-order valence-corrected chi connectivity index (χ0v) is 29.8. The monoisotopic (exact) mass is 678 g/mol. The Morgan fingerprint density at radius 3 is 1.20 bits per heavy atom. The highest BCUT2D eigenvalue weighted by atomic mass is 16.6. The maximum atomic E-state index is 5.97. The van der Waals surface area contributed by atoms with Crippen molar-refractivity contribution in [2.75, 3.05) is 92.5 Å². The van der Waals surface area contributed by atoms with Gasteiger partial charge < -0.3 is 37.9 Å². The van der Waals surface area contributed by atoms with Crippen molar-refractivity contribution in [3.63, 3.8) is 0 Å². The molecule has 0 saturated heterocycles. The molecule has 3 aromatic carbocycles. The van der Waals surface area contributed by atoms with E-state index in [9.17, 15) is 0 Å². The number of benzene rings is 3. The number of aryl methyl sites for hydroxylation is 2. The van der Waals surface area contributed by atoms with Crippen LogP contribution in [-0.2, 0) is 41.3 Å². The Labute approximate surface area is 294 Å². The van der Waals surface area contributed by atoms with Crippen molar-refractivity contribution in [1.82, 2.24) is 0 Å². The Bertz CT molecular complexity index is 1140. The number of ether oxygens (including phenoxy) is 8. The Morgan fingerprint density at radius 2 is 0.837 bits per heavy atom. The molecule has 0 unspecified atom stereocenters. The van der Waals surface area contributed by atoms with E-state index in [-0.39, 0.29) is 5.92 Å². The lowest BCUT2D eigenvalue weighted by atomic mass is 9.99. The van der Waals surface area contributed by atoms with Gasteiger partial charge >= 0.3 is 0 Å². The van der Waals surface area contributed by atoms with E-state index in [0.29, 0.717) is 92.5 Å². The number of rotatable bonds is 30. The first-order chi connectivity index (χ1) is 24.2. The van der Waals surface area contributed by atoms with E-state index >= 15 is 0 Å². The zero-order chi connectivity index (χ0) is 34.6. The molecule has 0 aromatic heterocycles. The third-order valence-electron chi connectivity index (χ3n) is 7.69. The van der Waals surface area contributed by atoms with E-state index in [4.69, 9.17) is 37.9 Å². The quantitative estimate of drug-likeness (QED) is 0.0669. The van der Waals surface area contributed by atoms with Crippen molar-refractivity contribution >= 4 is 6.08 Å². The third-order valence-corrected chi connectivity index (χ3v) is 7.69. The Balaban J connectivity index is 1.18. The molecule has 0 bridgehead atoms. The first-order valence-electron chi connectivity index (χ1n) is 17.8. The van der Waals surface area contributed by atoms with Crippen molar-refractivity contribution in [2.45, 2.75) is 45.4 Å². The topological polar surface area (TPSA) is 73.8 Å². The van der Waals surface area contributed by atoms with Gasteiger partial charge in [0, 0.05) is 5.92 Å². The van der Waals surface area contributed by atoms with Crippen LogP contribution in [0.2, 0.25) is 0 Å². The standard InChI is InChI=1S/C41H58O8/c1-4-7-36-11-17-40(18-12-36)48-31-29-44-23-21-42-25-27-46-33-39(38-15-9-35(6-3)10-16-38)34-47-28-26-43-22-24-45-30-32-49-41-19-13-37(8-5-2)14-20-41/h6,9-20,39H,3-5,7-8,21-34H2,1-2H3. The van der Waals surface area contributed by atoms with Gasteiger partial charge in [0.15, 0.2) is 0 Å². The van der Waals surface area contributed by atoms with Crippen LogP contribution in [0.5, 0.6) is 11.5 Å². The van der Waals surface area contributed by atoms with Crippen LogP contribution in [-0.4, -0.2) is 92.5 Å². The van der Waals surface area contributed by atoms with Gasteiger partial charge in [0.1, 0.15) is 24.7 Å². The zero-order valence-electron chi connectivity index (χ0n) is 29.8. The fourth-order valence-electron chi connectivity index (χ4n) is 4.99. The molecule has 0 N–H and O–H groups in total. The fourth-order valence-corrected chi connectivity index (χ4v) is 4.99. The lowest BCUT2D eigenvalue weighted by Crippen LogP contribution is -2.19. The van der Waals surface area contributed by atoms with E-state index in [2.05, 4.69) is 69.0 Å². The highest BCUT2D eigenvalue weighted by Crippen LogP contribution is 2.19. The van der Waals surface area contributed by atoms with E-state index in [1.165, 1.54) is 11.1 Å². The Hall–Kier alpha value is -3.24. The maximum absolute atomic E-state index is 5.97. The Kier molecular flexibility index (Phi) is 21.8. The van der Waals surface area contributed by atoms with Gasteiger partial charge in [0.2, 0.25) is 0 Å². The molecule has 0 heterocycles. The summed E-state index contributed by atoms with van der Waals surface area (Å²) < 4.78 is 46.0. The summed E-state index contributed by atoms with van der Waals surface area (Å²) in [4.78, 5) is 0. The molecule has 0 aliphatic rings. The number of hydrogen-bond acceptors (Lipinski definition) is 8. The predicted molar refractivity (Wildman–Crippen MR) is 196 cm³/mol. The number of hydrogen-bond donors (Lipinski definition) is 0. The molecule has 8 nitrogen and oxygen atoms in total. The van der Waals surface area contributed by atoms with E-state index < -0.39 is 0 Å². The first kappa shape index (κ1) is 40.2. The van der Waals surface area contributed by atoms with Crippen molar-refractivity contribution in [3.05, 3.63) is 102 Å². The van der Waals surface area contributed by atoms with E-state index in [1.807, 2.05) is 30.3 Å². The van der Waals surface area contributed by atoms with Gasteiger partial charge in [0.05, 0.1) is 79.3 Å². The first-order valence-corrected chi connectivity index (χ1v) is 17.8. The van der Waals surface area contributed by atoms with Gasteiger partial charge in [-0.05, 0) is 59.4 Å². The Morgan fingerprint density at radius 1 is 0.469 bits per heavy atom. The van der Waals surface area contributed by atoms with Gasteiger partial charge in [-0.3, -0.25) is 0 Å². The van der Waals surface area contributed by atoms with Gasteiger partial charge in [-0.15, -0.1) is 0 Å². The molecule has 0 radical (unpaired) electrons. The smallest absolute Gasteiger partial charge is 0.119 e. The van der Waals surface area contributed by atoms with E-state index in [0.717, 1.165) is 48.3 Å². The second-order valence-corrected chi connectivity index (χ2v) is 11.7. The summed E-state index contributed by atoms with van der Waals surface area (Å²) in [5.74, 6) is 1.83. The molecule has 0 spiro atoms. The van der Waals surface area contributed by atoms with Gasteiger partial charge in [-0.25, -0.2) is 0 Å². The maximum Gasteiger partial charge on any atom is 0.119 e. The third kappa shape index (κ3) is 18.4. The van der Waals surface area contributed by atoms with Crippen LogP contribution in [0, 0.1) is 0 Å². The van der Waals surface area contributed by atoms with Crippen molar-refractivity contribution in [1.29, 1.82) is 0 Å². The lowest BCUT2D eigenvalue weighted by molar-refractivity contribution is -0.00879. The van der Waals surface area contributed by atoms with Crippen LogP contribution in [0.25, 0.3) is 6.08 Å². The molecule has 0 aliphatic carbocycles. The summed E-state index contributed by atoms with van der Waals surface area (Å²) in [5.41, 5.74) is 4.91. The van der Waals surface area contributed by atoms with Crippen LogP contribution in [0.1, 0.15) is 54.9 Å². The SMILES string of the molecule is C=Cc1ccc(C(COCCOCCOCCOc2ccc(CCC)cc2)COCCOCCOCCOc2ccc(CCC)cc2)cc1. The van der Waals surface area contributed by atoms with E-state index in [1.54, 1.807) is 0 Å². The van der Waals surface area contributed by atoms with Crippen molar-refractivity contribution in [2.24, 2.45) is 0 Å². The summed E-state index contributed by atoms with van der Waals surface area (Å²) in [6.45, 7) is 15.4. The molecule has 0 aliphatic heterocycles. The summed E-state index contributed by atoms with van der Waals surface area (Å²) in [6.07, 6.45) is 6.31. The molecule has 270 valence electrons. The van der Waals surface area contributed by atoms with Crippen LogP contribution in [0.4, 0.5) is 0 Å². The molecule has 8 heteroatoms. The van der Waals surface area contributed by atoms with Crippen LogP contribution in [0.3, 0.4) is 0 Å². The minimum atomic E-state index is 0.0937. The van der Waals surface area contributed by atoms with Gasteiger partial charge in [-0.1, -0.05) is 87.9 Å². The molecule has 3 aromatic rings. The molecule has 0 amide bonds. The summed E-state index contributed by atoms with van der Waals surface area (Å²) in [7, 11) is 0. The lowest BCUT2D eigenvalue weighted by Gasteiger charge is -2.18. The van der Waals surface area contributed by atoms with Crippen LogP contribution in [0.15, 0.2) is 79.4 Å². The van der Waals surface area contributed by atoms with Crippen LogP contribution < -0.4 is 9.47 Å². The molecule has 0 fully saturated rings. The highest BCUT2D eigenvalue weighted by molar-refractivity contribution is 5.47.